The van der Waals surface area contributed by atoms with Crippen LogP contribution in [0.25, 0.3) is 16.0 Å². The van der Waals surface area contributed by atoms with E-state index in [2.05, 4.69) is 4.98 Å². The minimum absolute atomic E-state index is 0.0757. The zero-order valence-corrected chi connectivity index (χ0v) is 21.0. The van der Waals surface area contributed by atoms with Gasteiger partial charge in [0.25, 0.3) is 5.78 Å². The van der Waals surface area contributed by atoms with Gasteiger partial charge in [-0.3, -0.25) is 14.5 Å². The van der Waals surface area contributed by atoms with Crippen molar-refractivity contribution in [1.29, 1.82) is 0 Å². The van der Waals surface area contributed by atoms with Crippen molar-refractivity contribution < 1.29 is 28.2 Å². The van der Waals surface area contributed by atoms with E-state index in [4.69, 9.17) is 4.74 Å². The third kappa shape index (κ3) is 3.86. The summed E-state index contributed by atoms with van der Waals surface area (Å²) in [7, 11) is 1.55. The van der Waals surface area contributed by atoms with Gasteiger partial charge in [-0.15, -0.1) is 11.3 Å². The van der Waals surface area contributed by atoms with Gasteiger partial charge in [0.15, 0.2) is 16.8 Å². The summed E-state index contributed by atoms with van der Waals surface area (Å²) in [4.78, 5) is 32.7. The van der Waals surface area contributed by atoms with E-state index in [0.29, 0.717) is 20.9 Å². The number of aliphatic hydroxyl groups is 1. The van der Waals surface area contributed by atoms with Gasteiger partial charge >= 0.3 is 5.91 Å². The monoisotopic (exact) mass is 526 g/mol. The van der Waals surface area contributed by atoms with Crippen molar-refractivity contribution in [2.75, 3.05) is 12.0 Å². The minimum atomic E-state index is -1.06. The average molecular weight is 527 g/mol. The molecule has 10 heteroatoms. The van der Waals surface area contributed by atoms with Gasteiger partial charge in [0.2, 0.25) is 0 Å². The van der Waals surface area contributed by atoms with Crippen LogP contribution in [0.3, 0.4) is 0 Å². The first kappa shape index (κ1) is 24.1. The average Bonchev–Trinajstić information content (AvgIpc) is 3.57. The quantitative estimate of drug-likeness (QED) is 0.185. The summed E-state index contributed by atoms with van der Waals surface area (Å²) < 4.78 is 33.3. The molecule has 0 bridgehead atoms. The molecule has 1 unspecified atom stereocenters. The number of halogens is 2. The first-order valence-corrected chi connectivity index (χ1v) is 12.7. The van der Waals surface area contributed by atoms with Crippen molar-refractivity contribution in [2.24, 2.45) is 0 Å². The van der Waals surface area contributed by atoms with Gasteiger partial charge in [0.05, 0.1) is 22.9 Å². The molecular formula is C26H20F2N2O4S2. The zero-order chi connectivity index (χ0) is 25.7. The molecule has 0 spiro atoms. The van der Waals surface area contributed by atoms with E-state index in [1.165, 1.54) is 16.2 Å². The lowest BCUT2D eigenvalue weighted by Crippen LogP contribution is -2.28. The van der Waals surface area contributed by atoms with Crippen LogP contribution in [-0.4, -0.2) is 28.9 Å². The van der Waals surface area contributed by atoms with E-state index >= 15 is 0 Å². The second-order valence-corrected chi connectivity index (χ2v) is 10.5. The van der Waals surface area contributed by atoms with Crippen LogP contribution in [0.2, 0.25) is 0 Å². The molecule has 1 fully saturated rings. The molecule has 1 aliphatic rings. The maximum atomic E-state index is 13.8. The van der Waals surface area contributed by atoms with Crippen molar-refractivity contribution in [1.82, 2.24) is 4.98 Å². The predicted octanol–water partition coefficient (Wildman–Crippen LogP) is 6.39. The number of hydrogen-bond donors (Lipinski definition) is 1. The highest BCUT2D eigenvalue weighted by atomic mass is 32.1. The Labute approximate surface area is 213 Å². The standard InChI is InChI=1S/C26H20F2N2O4S2/c1-12(2)14-9-13(6-7-18(14)34-3)23(31)21-22(19-5-4-8-35-19)30(25(33)24(21)32)26-29-17-10-15(27)16(28)11-20(17)36-26/h4-12,22,31H,1-3H3/b23-21+. The Morgan fingerprint density at radius 1 is 1.14 bits per heavy atom. The Morgan fingerprint density at radius 2 is 1.89 bits per heavy atom. The van der Waals surface area contributed by atoms with Crippen LogP contribution in [-0.2, 0) is 9.59 Å². The molecule has 0 radical (unpaired) electrons. The summed E-state index contributed by atoms with van der Waals surface area (Å²) in [5, 5.41) is 13.3. The van der Waals surface area contributed by atoms with Gasteiger partial charge in [-0.05, 0) is 47.2 Å². The number of aliphatic hydroxyl groups excluding tert-OH is 1. The zero-order valence-electron chi connectivity index (χ0n) is 19.4. The van der Waals surface area contributed by atoms with Crippen molar-refractivity contribution in [3.8, 4) is 5.75 Å². The number of aromatic nitrogens is 1. The Morgan fingerprint density at radius 3 is 2.56 bits per heavy atom. The predicted molar refractivity (Wildman–Crippen MR) is 136 cm³/mol. The lowest BCUT2D eigenvalue weighted by molar-refractivity contribution is -0.132. The molecule has 184 valence electrons. The highest BCUT2D eigenvalue weighted by molar-refractivity contribution is 7.22. The second kappa shape index (κ2) is 9.11. The summed E-state index contributed by atoms with van der Waals surface area (Å²) in [6.07, 6.45) is 0. The lowest BCUT2D eigenvalue weighted by atomic mass is 9.95. The summed E-state index contributed by atoms with van der Waals surface area (Å²) in [5.74, 6) is -3.45. The molecule has 4 aromatic rings. The number of amides is 1. The fourth-order valence-corrected chi connectivity index (χ4v) is 6.07. The molecule has 2 aromatic carbocycles. The lowest BCUT2D eigenvalue weighted by Gasteiger charge is -2.21. The SMILES string of the molecule is COc1ccc(/C(O)=C2\C(=O)C(=O)N(c3nc4cc(F)c(F)cc4s3)C2c2cccs2)cc1C(C)C. The molecule has 5 rings (SSSR count). The van der Waals surface area contributed by atoms with E-state index in [1.807, 2.05) is 13.8 Å². The Bertz CT molecular complexity index is 1500. The summed E-state index contributed by atoms with van der Waals surface area (Å²) in [6, 6.07) is 9.60. The number of nitrogens with zero attached hydrogens (tertiary/aromatic N) is 2. The summed E-state index contributed by atoms with van der Waals surface area (Å²) in [5.41, 5.74) is 1.28. The molecular weight excluding hydrogens is 506 g/mol. The fourth-order valence-electron chi connectivity index (χ4n) is 4.25. The van der Waals surface area contributed by atoms with Gasteiger partial charge in [-0.2, -0.15) is 0 Å². The number of thiophene rings is 1. The number of rotatable bonds is 5. The van der Waals surface area contributed by atoms with Gasteiger partial charge in [-0.1, -0.05) is 31.3 Å². The van der Waals surface area contributed by atoms with Crippen molar-refractivity contribution in [2.45, 2.75) is 25.8 Å². The molecule has 0 aliphatic carbocycles. The number of hydrogen-bond acceptors (Lipinski definition) is 7. The van der Waals surface area contributed by atoms with Gasteiger partial charge < -0.3 is 9.84 Å². The molecule has 1 saturated heterocycles. The molecule has 1 amide bonds. The van der Waals surface area contributed by atoms with Crippen LogP contribution < -0.4 is 9.64 Å². The van der Waals surface area contributed by atoms with Crippen LogP contribution >= 0.6 is 22.7 Å². The van der Waals surface area contributed by atoms with Crippen LogP contribution in [0.1, 0.15) is 41.8 Å². The summed E-state index contributed by atoms with van der Waals surface area (Å²) >= 11 is 2.27. The Balaban J connectivity index is 1.70. The number of carbonyl (C=O) groups excluding carboxylic acids is 2. The number of fused-ring (bicyclic) bond motifs is 1. The number of thiazole rings is 1. The van der Waals surface area contributed by atoms with Crippen LogP contribution in [0.5, 0.6) is 5.75 Å². The second-order valence-electron chi connectivity index (χ2n) is 8.53. The first-order chi connectivity index (χ1) is 17.2. The molecule has 0 saturated carbocycles. The van der Waals surface area contributed by atoms with E-state index in [9.17, 15) is 23.5 Å². The molecule has 1 N–H and O–H groups in total. The van der Waals surface area contributed by atoms with Crippen LogP contribution in [0.4, 0.5) is 13.9 Å². The number of methoxy groups -OCH3 is 1. The number of benzene rings is 2. The highest BCUT2D eigenvalue weighted by Gasteiger charge is 2.48. The van der Waals surface area contributed by atoms with E-state index in [0.717, 1.165) is 29.0 Å². The van der Waals surface area contributed by atoms with Crippen molar-refractivity contribution in [3.05, 3.63) is 81.1 Å². The summed E-state index contributed by atoms with van der Waals surface area (Å²) in [6.45, 7) is 3.95. The molecule has 36 heavy (non-hydrogen) atoms. The number of ether oxygens (including phenoxy) is 1. The Hall–Kier alpha value is -3.63. The van der Waals surface area contributed by atoms with Gasteiger partial charge in [-0.25, -0.2) is 13.8 Å². The molecule has 2 aromatic heterocycles. The molecule has 3 heterocycles. The van der Waals surface area contributed by atoms with Crippen LogP contribution in [0.15, 0.2) is 53.4 Å². The van der Waals surface area contributed by atoms with E-state index in [1.54, 1.807) is 42.8 Å². The van der Waals surface area contributed by atoms with Crippen molar-refractivity contribution >= 4 is 55.5 Å². The maximum absolute atomic E-state index is 13.8. The molecule has 6 nitrogen and oxygen atoms in total. The number of ketones is 1. The third-order valence-corrected chi connectivity index (χ3v) is 7.95. The normalized spacial score (nSPS) is 17.5. The first-order valence-electron chi connectivity index (χ1n) is 11.0. The van der Waals surface area contributed by atoms with E-state index in [-0.39, 0.29) is 27.9 Å². The topological polar surface area (TPSA) is 79.7 Å². The number of carbonyl (C=O) groups is 2. The molecule has 1 aliphatic heterocycles. The number of Topliss-reactive ketones (excluding diaryl/α,β-unsaturated/α-hetero) is 1. The fraction of sp³-hybridized carbons (Fsp3) is 0.192. The third-order valence-electron chi connectivity index (χ3n) is 6.01. The van der Waals surface area contributed by atoms with Gasteiger partial charge in [0.1, 0.15) is 17.6 Å². The van der Waals surface area contributed by atoms with E-state index < -0.39 is 29.4 Å². The minimum Gasteiger partial charge on any atom is -0.507 e. The van der Waals surface area contributed by atoms with Crippen molar-refractivity contribution in [3.63, 3.8) is 0 Å². The molecule has 1 atom stereocenters. The van der Waals surface area contributed by atoms with Gasteiger partial charge in [0, 0.05) is 16.5 Å². The smallest absolute Gasteiger partial charge is 0.301 e. The van der Waals surface area contributed by atoms with Crippen LogP contribution in [0, 0.1) is 11.6 Å². The highest BCUT2D eigenvalue weighted by Crippen LogP contribution is 2.46. The largest absolute Gasteiger partial charge is 0.507 e. The number of anilines is 1. The maximum Gasteiger partial charge on any atom is 0.301 e. The Kier molecular flexibility index (Phi) is 6.09.